The Labute approximate surface area is 114 Å². The zero-order valence-electron chi connectivity index (χ0n) is 11.4. The van der Waals surface area contributed by atoms with Gasteiger partial charge < -0.3 is 15.2 Å². The summed E-state index contributed by atoms with van der Waals surface area (Å²) in [5.74, 6) is 0.499. The first-order chi connectivity index (χ1) is 9.17. The smallest absolute Gasteiger partial charge is 0.244 e. The normalized spacial score (nSPS) is 12.4. The van der Waals surface area contributed by atoms with Gasteiger partial charge in [-0.05, 0) is 18.6 Å². The summed E-state index contributed by atoms with van der Waals surface area (Å²) < 4.78 is 5.18. The van der Waals surface area contributed by atoms with Crippen molar-refractivity contribution in [2.24, 2.45) is 0 Å². The predicted molar refractivity (Wildman–Crippen MR) is 76.0 cm³/mol. The second kappa shape index (κ2) is 8.32. The maximum atomic E-state index is 11.6. The van der Waals surface area contributed by atoms with Crippen molar-refractivity contribution in [3.05, 3.63) is 35.9 Å². The highest BCUT2D eigenvalue weighted by atomic mass is 16.5. The van der Waals surface area contributed by atoms with Crippen LogP contribution in [0.4, 0.5) is 0 Å². The number of benzene rings is 1. The summed E-state index contributed by atoms with van der Waals surface area (Å²) in [5.41, 5.74) is 0.842. The first-order valence-corrected chi connectivity index (χ1v) is 6.44. The molecule has 0 spiro atoms. The average Bonchev–Trinajstić information content (AvgIpc) is 2.43. The number of para-hydroxylation sites is 1. The van der Waals surface area contributed by atoms with Crippen LogP contribution in [-0.4, -0.2) is 30.8 Å². The highest BCUT2D eigenvalue weighted by Crippen LogP contribution is 2.18. The van der Waals surface area contributed by atoms with Crippen molar-refractivity contribution in [3.63, 3.8) is 0 Å². The molecule has 1 aromatic rings. The van der Waals surface area contributed by atoms with Crippen molar-refractivity contribution in [1.82, 2.24) is 5.32 Å². The van der Waals surface area contributed by atoms with Gasteiger partial charge in [-0.3, -0.25) is 4.79 Å². The van der Waals surface area contributed by atoms with Gasteiger partial charge in [-0.15, -0.1) is 0 Å². The number of hydrogen-bond donors (Lipinski definition) is 2. The molecule has 4 heteroatoms. The zero-order valence-corrected chi connectivity index (χ0v) is 11.4. The molecule has 0 aliphatic carbocycles. The van der Waals surface area contributed by atoms with E-state index in [-0.39, 0.29) is 12.5 Å². The predicted octanol–water partition coefficient (Wildman–Crippen LogP) is 1.99. The summed E-state index contributed by atoms with van der Waals surface area (Å²) >= 11 is 0. The summed E-state index contributed by atoms with van der Waals surface area (Å²) in [6.45, 7) is 2.27. The minimum absolute atomic E-state index is 0.221. The minimum atomic E-state index is -0.478. The molecular formula is C15H21NO3. The average molecular weight is 263 g/mol. The van der Waals surface area contributed by atoms with Crippen molar-refractivity contribution in [1.29, 1.82) is 0 Å². The molecule has 1 unspecified atom stereocenters. The summed E-state index contributed by atoms with van der Waals surface area (Å²) in [6, 6.07) is 7.46. The van der Waals surface area contributed by atoms with Crippen molar-refractivity contribution >= 4 is 12.0 Å². The van der Waals surface area contributed by atoms with Crippen molar-refractivity contribution in [3.8, 4) is 5.75 Å². The molecule has 2 N–H and O–H groups in total. The molecule has 1 aromatic carbocycles. The number of rotatable bonds is 7. The standard InChI is InChI=1S/C15H21NO3/c1-3-6-13(17)11-16-15(18)10-9-12-7-4-5-8-14(12)19-2/h4-5,7-10,13,17H,3,6,11H2,1-2H3,(H,16,18)/b10-9+. The van der Waals surface area contributed by atoms with Crippen molar-refractivity contribution in [2.75, 3.05) is 13.7 Å². The van der Waals surface area contributed by atoms with Crippen LogP contribution < -0.4 is 10.1 Å². The molecule has 4 nitrogen and oxygen atoms in total. The third kappa shape index (κ3) is 5.57. The molecule has 0 fully saturated rings. The summed E-state index contributed by atoms with van der Waals surface area (Å²) in [6.07, 6.45) is 4.25. The van der Waals surface area contributed by atoms with Crippen LogP contribution in [0.1, 0.15) is 25.3 Å². The van der Waals surface area contributed by atoms with Crippen molar-refractivity contribution < 1.29 is 14.6 Å². The van der Waals surface area contributed by atoms with E-state index >= 15 is 0 Å². The van der Waals surface area contributed by atoms with Crippen molar-refractivity contribution in [2.45, 2.75) is 25.9 Å². The van der Waals surface area contributed by atoms with Crippen LogP contribution in [0.25, 0.3) is 6.08 Å². The van der Waals surface area contributed by atoms with E-state index in [4.69, 9.17) is 4.74 Å². The number of carbonyl (C=O) groups is 1. The largest absolute Gasteiger partial charge is 0.496 e. The third-order valence-electron chi connectivity index (χ3n) is 2.69. The second-order valence-electron chi connectivity index (χ2n) is 4.26. The Morgan fingerprint density at radius 2 is 2.21 bits per heavy atom. The quantitative estimate of drug-likeness (QED) is 0.740. The molecule has 0 heterocycles. The summed E-state index contributed by atoms with van der Waals surface area (Å²) in [4.78, 5) is 11.6. The van der Waals surface area contributed by atoms with E-state index in [2.05, 4.69) is 5.32 Å². The zero-order chi connectivity index (χ0) is 14.1. The SMILES string of the molecule is CCCC(O)CNC(=O)/C=C/c1ccccc1OC. The van der Waals surface area contributed by atoms with Crippen LogP contribution in [0, 0.1) is 0 Å². The monoisotopic (exact) mass is 263 g/mol. The van der Waals surface area contributed by atoms with E-state index in [0.29, 0.717) is 6.42 Å². The molecule has 1 rings (SSSR count). The van der Waals surface area contributed by atoms with E-state index in [1.165, 1.54) is 6.08 Å². The minimum Gasteiger partial charge on any atom is -0.496 e. The molecular weight excluding hydrogens is 242 g/mol. The van der Waals surface area contributed by atoms with Gasteiger partial charge in [0.05, 0.1) is 13.2 Å². The van der Waals surface area contributed by atoms with Crippen LogP contribution in [-0.2, 0) is 4.79 Å². The van der Waals surface area contributed by atoms with Gasteiger partial charge in [0.2, 0.25) is 5.91 Å². The second-order valence-corrected chi connectivity index (χ2v) is 4.26. The molecule has 19 heavy (non-hydrogen) atoms. The third-order valence-corrected chi connectivity index (χ3v) is 2.69. The lowest BCUT2D eigenvalue weighted by Gasteiger charge is -2.09. The summed E-state index contributed by atoms with van der Waals surface area (Å²) in [5, 5.41) is 12.2. The topological polar surface area (TPSA) is 58.6 Å². The van der Waals surface area contributed by atoms with E-state index in [0.717, 1.165) is 17.7 Å². The van der Waals surface area contributed by atoms with Gasteiger partial charge in [-0.25, -0.2) is 0 Å². The number of amides is 1. The Kier molecular flexibility index (Phi) is 6.68. The Hall–Kier alpha value is -1.81. The van der Waals surface area contributed by atoms with Crippen LogP contribution in [0.5, 0.6) is 5.75 Å². The van der Waals surface area contributed by atoms with E-state index in [1.54, 1.807) is 13.2 Å². The fourth-order valence-electron chi connectivity index (χ4n) is 1.68. The number of methoxy groups -OCH3 is 1. The molecule has 0 aromatic heterocycles. The summed E-state index contributed by atoms with van der Waals surface area (Å²) in [7, 11) is 1.59. The van der Waals surface area contributed by atoms with Gasteiger partial charge in [0.15, 0.2) is 0 Å². The first kappa shape index (κ1) is 15.2. The molecule has 1 atom stereocenters. The van der Waals surface area contributed by atoms with Crippen LogP contribution in [0.3, 0.4) is 0 Å². The molecule has 0 saturated heterocycles. The van der Waals surface area contributed by atoms with Gasteiger partial charge >= 0.3 is 0 Å². The maximum absolute atomic E-state index is 11.6. The number of nitrogens with one attached hydrogen (secondary N) is 1. The van der Waals surface area contributed by atoms with Gasteiger partial charge in [0.1, 0.15) is 5.75 Å². The fraction of sp³-hybridized carbons (Fsp3) is 0.400. The number of aliphatic hydroxyl groups is 1. The number of carbonyl (C=O) groups excluding carboxylic acids is 1. The molecule has 104 valence electrons. The lowest BCUT2D eigenvalue weighted by molar-refractivity contribution is -0.116. The number of hydrogen-bond acceptors (Lipinski definition) is 3. The Bertz CT molecular complexity index is 429. The first-order valence-electron chi connectivity index (χ1n) is 6.44. The molecule has 0 aliphatic rings. The van der Waals surface area contributed by atoms with Crippen LogP contribution in [0.2, 0.25) is 0 Å². The molecule has 1 amide bonds. The Morgan fingerprint density at radius 1 is 1.47 bits per heavy atom. The number of aliphatic hydroxyl groups excluding tert-OH is 1. The Morgan fingerprint density at radius 3 is 2.89 bits per heavy atom. The highest BCUT2D eigenvalue weighted by molar-refractivity contribution is 5.92. The molecule has 0 aliphatic heterocycles. The van der Waals surface area contributed by atoms with Crippen LogP contribution in [0.15, 0.2) is 30.3 Å². The fourth-order valence-corrected chi connectivity index (χ4v) is 1.68. The highest BCUT2D eigenvalue weighted by Gasteiger charge is 2.04. The molecule has 0 bridgehead atoms. The molecule has 0 radical (unpaired) electrons. The van der Waals surface area contributed by atoms with Gasteiger partial charge in [-0.2, -0.15) is 0 Å². The van der Waals surface area contributed by atoms with E-state index in [1.807, 2.05) is 31.2 Å². The van der Waals surface area contributed by atoms with Gasteiger partial charge in [0, 0.05) is 18.2 Å². The lowest BCUT2D eigenvalue weighted by atomic mass is 10.2. The van der Waals surface area contributed by atoms with Gasteiger partial charge in [-0.1, -0.05) is 31.5 Å². The maximum Gasteiger partial charge on any atom is 0.244 e. The lowest BCUT2D eigenvalue weighted by Crippen LogP contribution is -2.30. The number of ether oxygens (including phenoxy) is 1. The van der Waals surface area contributed by atoms with E-state index < -0.39 is 6.10 Å². The van der Waals surface area contributed by atoms with Crippen LogP contribution >= 0.6 is 0 Å². The van der Waals surface area contributed by atoms with E-state index in [9.17, 15) is 9.90 Å². The Balaban J connectivity index is 2.49. The van der Waals surface area contributed by atoms with Gasteiger partial charge in [0.25, 0.3) is 0 Å². The molecule has 0 saturated carbocycles.